The van der Waals surface area contributed by atoms with Crippen LogP contribution in [0.4, 0.5) is 0 Å². The van der Waals surface area contributed by atoms with E-state index in [4.69, 9.17) is 9.47 Å². The molecule has 0 aliphatic rings. The summed E-state index contributed by atoms with van der Waals surface area (Å²) in [6.07, 6.45) is 0. The van der Waals surface area contributed by atoms with E-state index in [1.54, 1.807) is 7.11 Å². The lowest BCUT2D eigenvalue weighted by Crippen LogP contribution is -2.44. The highest BCUT2D eigenvalue weighted by Crippen LogP contribution is 1.95. The van der Waals surface area contributed by atoms with Gasteiger partial charge in [-0.15, -0.1) is 0 Å². The van der Waals surface area contributed by atoms with E-state index in [-0.39, 0.29) is 0 Å². The highest BCUT2D eigenvalue weighted by molar-refractivity contribution is 4.34. The van der Waals surface area contributed by atoms with E-state index in [1.165, 1.54) is 0 Å². The Balaban J connectivity index is 3.42. The predicted octanol–water partition coefficient (Wildman–Crippen LogP) is 0.746. The molecule has 0 aromatic rings. The van der Waals surface area contributed by atoms with Crippen molar-refractivity contribution >= 4 is 0 Å². The lowest BCUT2D eigenvalue weighted by molar-refractivity contribution is -0.891. The van der Waals surface area contributed by atoms with E-state index in [2.05, 4.69) is 14.1 Å². The van der Waals surface area contributed by atoms with Crippen molar-refractivity contribution in [1.82, 2.24) is 0 Å². The molecule has 0 N–H and O–H groups in total. The van der Waals surface area contributed by atoms with Crippen LogP contribution in [0.15, 0.2) is 0 Å². The van der Waals surface area contributed by atoms with Gasteiger partial charge in [0.1, 0.15) is 13.1 Å². The first kappa shape index (κ1) is 11.9. The normalized spacial score (nSPS) is 12.0. The minimum atomic E-state index is 0.810. The van der Waals surface area contributed by atoms with Gasteiger partial charge >= 0.3 is 0 Å². The second-order valence-corrected chi connectivity index (χ2v) is 3.57. The van der Waals surface area contributed by atoms with Crippen LogP contribution < -0.4 is 0 Å². The molecule has 3 nitrogen and oxygen atoms in total. The molecule has 0 bridgehead atoms. The molecule has 0 saturated heterocycles. The standard InChI is InChI=1S/C9H22NO2/c1-5-12-9-7-10(2,3)6-8-11-4/h5-9H2,1-4H3/q+1. The zero-order valence-electron chi connectivity index (χ0n) is 8.80. The monoisotopic (exact) mass is 176 g/mol. The van der Waals surface area contributed by atoms with Crippen molar-refractivity contribution in [2.24, 2.45) is 0 Å². The average molecular weight is 176 g/mol. The van der Waals surface area contributed by atoms with Crippen molar-refractivity contribution in [2.45, 2.75) is 6.92 Å². The molecule has 0 atom stereocenters. The van der Waals surface area contributed by atoms with Crippen LogP contribution in [0.25, 0.3) is 0 Å². The van der Waals surface area contributed by atoms with Gasteiger partial charge in [0.15, 0.2) is 0 Å². The SMILES string of the molecule is CCOCC[N+](C)(C)CCOC. The fraction of sp³-hybridized carbons (Fsp3) is 1.00. The quantitative estimate of drug-likeness (QED) is 0.421. The molecule has 0 unspecified atom stereocenters. The van der Waals surface area contributed by atoms with E-state index in [9.17, 15) is 0 Å². The second kappa shape index (κ2) is 6.40. The Morgan fingerprint density at radius 2 is 1.67 bits per heavy atom. The molecule has 0 aromatic heterocycles. The molecule has 0 aromatic carbocycles. The van der Waals surface area contributed by atoms with Crippen molar-refractivity contribution in [3.8, 4) is 0 Å². The second-order valence-electron chi connectivity index (χ2n) is 3.57. The summed E-state index contributed by atoms with van der Waals surface area (Å²) in [5.41, 5.74) is 0. The van der Waals surface area contributed by atoms with Crippen LogP contribution in [0.2, 0.25) is 0 Å². The summed E-state index contributed by atoms with van der Waals surface area (Å²) in [5.74, 6) is 0. The molecule has 74 valence electrons. The number of hydrogen-bond acceptors (Lipinski definition) is 2. The van der Waals surface area contributed by atoms with Gasteiger partial charge in [0.25, 0.3) is 0 Å². The molecule has 0 spiro atoms. The first-order valence-corrected chi connectivity index (χ1v) is 4.51. The minimum absolute atomic E-state index is 0.810. The van der Waals surface area contributed by atoms with Crippen LogP contribution in [-0.2, 0) is 9.47 Å². The number of rotatable bonds is 7. The van der Waals surface area contributed by atoms with Crippen molar-refractivity contribution in [3.63, 3.8) is 0 Å². The smallest absolute Gasteiger partial charge is 0.102 e. The average Bonchev–Trinajstić information content (AvgIpc) is 2.01. The summed E-state index contributed by atoms with van der Waals surface area (Å²) >= 11 is 0. The molecule has 0 aliphatic heterocycles. The fourth-order valence-electron chi connectivity index (χ4n) is 0.906. The summed E-state index contributed by atoms with van der Waals surface area (Å²) in [6.45, 7) is 6.59. The van der Waals surface area contributed by atoms with E-state index in [0.29, 0.717) is 0 Å². The molecule has 0 rings (SSSR count). The molecule has 3 heteroatoms. The maximum absolute atomic E-state index is 5.29. The molecule has 0 saturated carbocycles. The van der Waals surface area contributed by atoms with Crippen molar-refractivity contribution in [3.05, 3.63) is 0 Å². The maximum Gasteiger partial charge on any atom is 0.102 e. The van der Waals surface area contributed by atoms with E-state index in [1.807, 2.05) is 6.92 Å². The lowest BCUT2D eigenvalue weighted by atomic mass is 10.4. The molecule has 0 heterocycles. The van der Waals surface area contributed by atoms with Crippen LogP contribution >= 0.6 is 0 Å². The van der Waals surface area contributed by atoms with Gasteiger partial charge in [-0.05, 0) is 6.92 Å². The Bertz CT molecular complexity index is 105. The van der Waals surface area contributed by atoms with Crippen LogP contribution in [0.1, 0.15) is 6.92 Å². The van der Waals surface area contributed by atoms with Gasteiger partial charge in [-0.3, -0.25) is 0 Å². The number of ether oxygens (including phenoxy) is 2. The third-order valence-corrected chi connectivity index (χ3v) is 1.95. The topological polar surface area (TPSA) is 18.5 Å². The van der Waals surface area contributed by atoms with E-state index >= 15 is 0 Å². The van der Waals surface area contributed by atoms with Gasteiger partial charge in [-0.25, -0.2) is 0 Å². The van der Waals surface area contributed by atoms with Crippen LogP contribution in [0.3, 0.4) is 0 Å². The third kappa shape index (κ3) is 6.58. The molecular formula is C9H22NO2+. The van der Waals surface area contributed by atoms with Crippen molar-refractivity contribution < 1.29 is 14.0 Å². The molecular weight excluding hydrogens is 154 g/mol. The first-order valence-electron chi connectivity index (χ1n) is 4.51. The molecule has 12 heavy (non-hydrogen) atoms. The summed E-state index contributed by atoms with van der Waals surface area (Å²) in [6, 6.07) is 0. The van der Waals surface area contributed by atoms with Crippen molar-refractivity contribution in [1.29, 1.82) is 0 Å². The van der Waals surface area contributed by atoms with Gasteiger partial charge in [0.05, 0.1) is 27.3 Å². The fourth-order valence-corrected chi connectivity index (χ4v) is 0.906. The predicted molar refractivity (Wildman–Crippen MR) is 50.2 cm³/mol. The van der Waals surface area contributed by atoms with Gasteiger partial charge in [-0.1, -0.05) is 0 Å². The Labute approximate surface area is 75.9 Å². The third-order valence-electron chi connectivity index (χ3n) is 1.95. The van der Waals surface area contributed by atoms with Crippen LogP contribution in [-0.4, -0.2) is 58.6 Å². The summed E-state index contributed by atoms with van der Waals surface area (Å²) in [7, 11) is 6.12. The Morgan fingerprint density at radius 3 is 2.17 bits per heavy atom. The van der Waals surface area contributed by atoms with Crippen LogP contribution in [0, 0.1) is 0 Å². The van der Waals surface area contributed by atoms with Crippen LogP contribution in [0.5, 0.6) is 0 Å². The van der Waals surface area contributed by atoms with Gasteiger partial charge < -0.3 is 14.0 Å². The first-order chi connectivity index (χ1) is 5.62. The lowest BCUT2D eigenvalue weighted by Gasteiger charge is -2.29. The number of likely N-dealkylation sites (N-methyl/N-ethyl adjacent to an activating group) is 1. The van der Waals surface area contributed by atoms with E-state index < -0.39 is 0 Å². The Morgan fingerprint density at radius 1 is 1.08 bits per heavy atom. The largest absolute Gasteiger partial charge is 0.379 e. The van der Waals surface area contributed by atoms with Gasteiger partial charge in [0.2, 0.25) is 0 Å². The maximum atomic E-state index is 5.29. The molecule has 0 fully saturated rings. The summed E-state index contributed by atoms with van der Waals surface area (Å²) < 4.78 is 11.3. The number of nitrogens with zero attached hydrogens (tertiary/aromatic N) is 1. The van der Waals surface area contributed by atoms with Gasteiger partial charge in [-0.2, -0.15) is 0 Å². The van der Waals surface area contributed by atoms with E-state index in [0.717, 1.165) is 37.4 Å². The zero-order chi connectivity index (χ0) is 9.45. The Kier molecular flexibility index (Phi) is 6.34. The number of quaternary nitrogens is 1. The highest BCUT2D eigenvalue weighted by Gasteiger charge is 2.13. The molecule has 0 aliphatic carbocycles. The number of hydrogen-bond donors (Lipinski definition) is 0. The molecule has 0 radical (unpaired) electrons. The van der Waals surface area contributed by atoms with Gasteiger partial charge in [0, 0.05) is 13.7 Å². The summed E-state index contributed by atoms with van der Waals surface area (Å²) in [4.78, 5) is 0. The highest BCUT2D eigenvalue weighted by atomic mass is 16.5. The molecule has 0 amide bonds. The van der Waals surface area contributed by atoms with Crippen molar-refractivity contribution in [2.75, 3.05) is 54.1 Å². The number of methoxy groups -OCH3 is 1. The minimum Gasteiger partial charge on any atom is -0.379 e. The zero-order valence-corrected chi connectivity index (χ0v) is 8.80. The Hall–Kier alpha value is -0.120. The summed E-state index contributed by atoms with van der Waals surface area (Å²) in [5, 5.41) is 0.